The van der Waals surface area contributed by atoms with E-state index in [0.29, 0.717) is 16.7 Å². The van der Waals surface area contributed by atoms with Crippen LogP contribution in [0.4, 0.5) is 18.9 Å². The number of anilines is 1. The second kappa shape index (κ2) is 6.05. The Balaban J connectivity index is 2.05. The first-order valence-electron chi connectivity index (χ1n) is 6.20. The largest absolute Gasteiger partial charge is 0.405 e. The number of benzene rings is 1. The molecule has 0 aromatic heterocycles. The molecule has 1 atom stereocenters. The number of nitrogens with zero attached hydrogens (tertiary/aromatic N) is 1. The van der Waals surface area contributed by atoms with Gasteiger partial charge in [-0.25, -0.2) is 0 Å². The van der Waals surface area contributed by atoms with Crippen molar-refractivity contribution in [2.75, 3.05) is 18.0 Å². The van der Waals surface area contributed by atoms with Crippen molar-refractivity contribution in [1.29, 1.82) is 0 Å². The first-order valence-corrected chi connectivity index (χ1v) is 6.99. The van der Waals surface area contributed by atoms with Crippen LogP contribution < -0.4 is 10.2 Å². The molecule has 4 nitrogen and oxygen atoms in total. The Hall–Kier alpha value is -1.57. The number of amides is 2. The third-order valence-electron chi connectivity index (χ3n) is 3.13. The van der Waals surface area contributed by atoms with E-state index in [1.807, 2.05) is 0 Å². The van der Waals surface area contributed by atoms with E-state index in [2.05, 4.69) is 15.9 Å². The fourth-order valence-corrected chi connectivity index (χ4v) is 2.64. The lowest BCUT2D eigenvalue weighted by molar-refractivity contribution is -0.143. The normalized spacial score (nSPS) is 19.0. The van der Waals surface area contributed by atoms with E-state index in [4.69, 9.17) is 0 Å². The van der Waals surface area contributed by atoms with Crippen LogP contribution in [0.25, 0.3) is 0 Å². The van der Waals surface area contributed by atoms with Crippen LogP contribution in [0.3, 0.4) is 0 Å². The predicted octanol–water partition coefficient (Wildman–Crippen LogP) is 2.48. The second-order valence-corrected chi connectivity index (χ2v) is 5.47. The summed E-state index contributed by atoms with van der Waals surface area (Å²) in [5.41, 5.74) is 0.605. The highest BCUT2D eigenvalue weighted by Gasteiger charge is 2.39. The molecule has 1 fully saturated rings. The number of hydrogen-bond acceptors (Lipinski definition) is 2. The molecule has 1 heterocycles. The number of halogens is 4. The maximum Gasteiger partial charge on any atom is 0.405 e. The average Bonchev–Trinajstić information content (AvgIpc) is 2.78. The number of para-hydroxylation sites is 1. The molecule has 1 aromatic rings. The zero-order valence-corrected chi connectivity index (χ0v) is 12.4. The van der Waals surface area contributed by atoms with Crippen molar-refractivity contribution in [2.45, 2.75) is 12.6 Å². The van der Waals surface area contributed by atoms with Crippen LogP contribution in [0.1, 0.15) is 6.42 Å². The zero-order valence-electron chi connectivity index (χ0n) is 10.8. The van der Waals surface area contributed by atoms with E-state index in [0.717, 1.165) is 0 Å². The van der Waals surface area contributed by atoms with Gasteiger partial charge in [-0.15, -0.1) is 0 Å². The van der Waals surface area contributed by atoms with Crippen LogP contribution in [-0.4, -0.2) is 31.1 Å². The molecule has 0 bridgehead atoms. The quantitative estimate of drug-likeness (QED) is 0.837. The van der Waals surface area contributed by atoms with E-state index in [9.17, 15) is 22.8 Å². The molecule has 0 spiro atoms. The lowest BCUT2D eigenvalue weighted by atomic mass is 10.1. The molecule has 1 aromatic carbocycles. The summed E-state index contributed by atoms with van der Waals surface area (Å²) in [5.74, 6) is -2.44. The highest BCUT2D eigenvalue weighted by molar-refractivity contribution is 9.10. The zero-order chi connectivity index (χ0) is 15.6. The number of nitrogens with one attached hydrogen (secondary N) is 1. The first kappa shape index (κ1) is 15.8. The Kier molecular flexibility index (Phi) is 4.55. The summed E-state index contributed by atoms with van der Waals surface area (Å²) in [6.07, 6.45) is -4.29. The topological polar surface area (TPSA) is 49.4 Å². The smallest absolute Gasteiger partial charge is 0.346 e. The molecule has 21 heavy (non-hydrogen) atoms. The lowest BCUT2D eigenvalue weighted by Gasteiger charge is -2.18. The van der Waals surface area contributed by atoms with Gasteiger partial charge in [0.25, 0.3) is 0 Å². The van der Waals surface area contributed by atoms with Gasteiger partial charge in [0, 0.05) is 11.0 Å². The molecule has 0 radical (unpaired) electrons. The van der Waals surface area contributed by atoms with Gasteiger partial charge in [-0.2, -0.15) is 13.2 Å². The summed E-state index contributed by atoms with van der Waals surface area (Å²) in [6.45, 7) is -1.13. The highest BCUT2D eigenvalue weighted by atomic mass is 79.9. The Bertz CT molecular complexity index is 563. The van der Waals surface area contributed by atoms with Crippen molar-refractivity contribution in [3.63, 3.8) is 0 Å². The van der Waals surface area contributed by atoms with Crippen LogP contribution in [0.5, 0.6) is 0 Å². The highest BCUT2D eigenvalue weighted by Crippen LogP contribution is 2.31. The molecular weight excluding hydrogens is 353 g/mol. The van der Waals surface area contributed by atoms with Crippen molar-refractivity contribution in [3.8, 4) is 0 Å². The van der Waals surface area contributed by atoms with Crippen molar-refractivity contribution < 1.29 is 22.8 Å². The minimum Gasteiger partial charge on any atom is -0.346 e. The Morgan fingerprint density at radius 3 is 2.67 bits per heavy atom. The molecule has 114 valence electrons. The van der Waals surface area contributed by atoms with E-state index >= 15 is 0 Å². The van der Waals surface area contributed by atoms with E-state index in [-0.39, 0.29) is 6.42 Å². The maximum atomic E-state index is 12.2. The lowest BCUT2D eigenvalue weighted by Crippen LogP contribution is -2.40. The first-order chi connectivity index (χ1) is 9.79. The van der Waals surface area contributed by atoms with Crippen LogP contribution in [0.2, 0.25) is 0 Å². The molecule has 8 heteroatoms. The van der Waals surface area contributed by atoms with E-state index in [1.54, 1.807) is 29.6 Å². The van der Waals surface area contributed by atoms with Crippen LogP contribution >= 0.6 is 15.9 Å². The molecule has 0 aliphatic carbocycles. The van der Waals surface area contributed by atoms with Gasteiger partial charge in [-0.05, 0) is 34.5 Å². The Morgan fingerprint density at radius 2 is 2.05 bits per heavy atom. The van der Waals surface area contributed by atoms with Gasteiger partial charge in [-0.1, -0.05) is 12.1 Å². The van der Waals surface area contributed by atoms with Gasteiger partial charge >= 0.3 is 6.18 Å². The van der Waals surface area contributed by atoms with Crippen LogP contribution in [-0.2, 0) is 9.59 Å². The standard InChI is InChI=1S/C13H12BrF3N2O2/c14-9-3-1-2-4-10(9)19-6-5-8(12(19)21)11(20)18-7-13(15,16)17/h1-4,8H,5-7H2,(H,18,20)/t8-/m0/s1. The fraction of sp³-hybridized carbons (Fsp3) is 0.385. The van der Waals surface area contributed by atoms with Gasteiger partial charge in [0.05, 0.1) is 5.69 Å². The summed E-state index contributed by atoms with van der Waals surface area (Å²) in [5, 5.41) is 1.76. The second-order valence-electron chi connectivity index (χ2n) is 4.62. The molecule has 0 saturated carbocycles. The number of hydrogen-bond donors (Lipinski definition) is 1. The molecule has 1 saturated heterocycles. The average molecular weight is 365 g/mol. The monoisotopic (exact) mass is 364 g/mol. The predicted molar refractivity (Wildman–Crippen MR) is 73.7 cm³/mol. The van der Waals surface area contributed by atoms with Gasteiger partial charge in [0.2, 0.25) is 11.8 Å². The van der Waals surface area contributed by atoms with E-state index < -0.39 is 30.5 Å². The molecular formula is C13H12BrF3N2O2. The van der Waals surface area contributed by atoms with Gasteiger partial charge in [0.15, 0.2) is 0 Å². The van der Waals surface area contributed by atoms with Gasteiger partial charge in [-0.3, -0.25) is 9.59 Å². The molecule has 0 unspecified atom stereocenters. The van der Waals surface area contributed by atoms with Crippen LogP contribution in [0.15, 0.2) is 28.7 Å². The molecule has 2 amide bonds. The van der Waals surface area contributed by atoms with Crippen molar-refractivity contribution in [1.82, 2.24) is 5.32 Å². The number of rotatable bonds is 3. The van der Waals surface area contributed by atoms with Crippen molar-refractivity contribution in [3.05, 3.63) is 28.7 Å². The summed E-state index contributed by atoms with van der Waals surface area (Å²) >= 11 is 3.30. The van der Waals surface area contributed by atoms with Gasteiger partial charge < -0.3 is 10.2 Å². The van der Waals surface area contributed by atoms with Gasteiger partial charge in [0.1, 0.15) is 12.5 Å². The summed E-state index contributed by atoms with van der Waals surface area (Å²) < 4.78 is 36.9. The molecule has 1 N–H and O–H groups in total. The minimum atomic E-state index is -4.49. The molecule has 1 aliphatic heterocycles. The minimum absolute atomic E-state index is 0.198. The third kappa shape index (κ3) is 3.75. The SMILES string of the molecule is O=C(NCC(F)(F)F)[C@@H]1CCN(c2ccccc2Br)C1=O. The van der Waals surface area contributed by atoms with Crippen LogP contribution in [0, 0.1) is 5.92 Å². The Labute approximate surface area is 127 Å². The Morgan fingerprint density at radius 1 is 1.38 bits per heavy atom. The van der Waals surface area contributed by atoms with Crippen molar-refractivity contribution >= 4 is 33.4 Å². The number of alkyl halides is 3. The summed E-state index contributed by atoms with van der Waals surface area (Å²) in [6, 6.07) is 6.98. The summed E-state index contributed by atoms with van der Waals surface area (Å²) in [7, 11) is 0. The number of carbonyl (C=O) groups excluding carboxylic acids is 2. The van der Waals surface area contributed by atoms with Crippen molar-refractivity contribution in [2.24, 2.45) is 5.92 Å². The third-order valence-corrected chi connectivity index (χ3v) is 3.80. The molecule has 1 aliphatic rings. The fourth-order valence-electron chi connectivity index (χ4n) is 2.14. The molecule has 2 rings (SSSR count). The van der Waals surface area contributed by atoms with E-state index in [1.165, 1.54) is 4.90 Å². The number of carbonyl (C=O) groups is 2. The summed E-state index contributed by atoms with van der Waals surface area (Å²) in [4.78, 5) is 25.3. The maximum absolute atomic E-state index is 12.2.